The predicted molar refractivity (Wildman–Crippen MR) is 73.6 cm³/mol. The summed E-state index contributed by atoms with van der Waals surface area (Å²) in [6.45, 7) is 10.5. The van der Waals surface area contributed by atoms with E-state index < -0.39 is 0 Å². The van der Waals surface area contributed by atoms with Gasteiger partial charge in [-0.05, 0) is 43.5 Å². The number of hydrogen-bond acceptors (Lipinski definition) is 2. The first-order chi connectivity index (χ1) is 8.11. The minimum Gasteiger partial charge on any atom is -0.494 e. The molecule has 1 N–H and O–H groups in total. The highest BCUT2D eigenvalue weighted by atomic mass is 16.5. The van der Waals surface area contributed by atoms with E-state index in [2.05, 4.69) is 44.3 Å². The quantitative estimate of drug-likeness (QED) is 0.783. The fourth-order valence-electron chi connectivity index (χ4n) is 1.84. The Morgan fingerprint density at radius 1 is 1.24 bits per heavy atom. The van der Waals surface area contributed by atoms with Gasteiger partial charge in [0.1, 0.15) is 5.75 Å². The minimum absolute atomic E-state index is 0.562. The van der Waals surface area contributed by atoms with Gasteiger partial charge < -0.3 is 10.1 Å². The standard InChI is InChI=1S/C15H25NO/c1-5-17-15-8-6-7-14(10-15)9-13(4)11-16-12(2)3/h6-8,10,12-13,16H,5,9,11H2,1-4H3. The summed E-state index contributed by atoms with van der Waals surface area (Å²) >= 11 is 0. The van der Waals surface area contributed by atoms with Crippen LogP contribution in [0.1, 0.15) is 33.3 Å². The molecule has 0 fully saturated rings. The highest BCUT2D eigenvalue weighted by Crippen LogP contribution is 2.16. The molecule has 1 atom stereocenters. The first-order valence-electron chi connectivity index (χ1n) is 6.57. The largest absolute Gasteiger partial charge is 0.494 e. The van der Waals surface area contributed by atoms with E-state index in [4.69, 9.17) is 4.74 Å². The lowest BCUT2D eigenvalue weighted by Gasteiger charge is -2.15. The molecule has 17 heavy (non-hydrogen) atoms. The van der Waals surface area contributed by atoms with Gasteiger partial charge in [-0.25, -0.2) is 0 Å². The normalized spacial score (nSPS) is 12.8. The molecule has 2 nitrogen and oxygen atoms in total. The van der Waals surface area contributed by atoms with Gasteiger partial charge in [-0.15, -0.1) is 0 Å². The van der Waals surface area contributed by atoms with E-state index in [9.17, 15) is 0 Å². The van der Waals surface area contributed by atoms with Crippen LogP contribution in [0, 0.1) is 5.92 Å². The predicted octanol–water partition coefficient (Wildman–Crippen LogP) is 3.26. The lowest BCUT2D eigenvalue weighted by Crippen LogP contribution is -2.28. The Kier molecular flexibility index (Phi) is 6.06. The number of ether oxygens (including phenoxy) is 1. The van der Waals surface area contributed by atoms with Crippen molar-refractivity contribution in [3.63, 3.8) is 0 Å². The Balaban J connectivity index is 2.46. The van der Waals surface area contributed by atoms with Crippen LogP contribution < -0.4 is 10.1 Å². The summed E-state index contributed by atoms with van der Waals surface area (Å²) in [4.78, 5) is 0. The van der Waals surface area contributed by atoms with Crippen molar-refractivity contribution in [3.8, 4) is 5.75 Å². The molecule has 1 rings (SSSR count). The minimum atomic E-state index is 0.562. The lowest BCUT2D eigenvalue weighted by atomic mass is 10.0. The van der Waals surface area contributed by atoms with Crippen LogP contribution in [0.25, 0.3) is 0 Å². The van der Waals surface area contributed by atoms with Gasteiger partial charge in [0.2, 0.25) is 0 Å². The number of benzene rings is 1. The van der Waals surface area contributed by atoms with Gasteiger partial charge in [0, 0.05) is 6.04 Å². The zero-order chi connectivity index (χ0) is 12.7. The lowest BCUT2D eigenvalue weighted by molar-refractivity contribution is 0.339. The average Bonchev–Trinajstić information content (AvgIpc) is 2.27. The van der Waals surface area contributed by atoms with Crippen LogP contribution >= 0.6 is 0 Å². The van der Waals surface area contributed by atoms with E-state index in [0.29, 0.717) is 12.0 Å². The summed E-state index contributed by atoms with van der Waals surface area (Å²) in [5.41, 5.74) is 1.36. The van der Waals surface area contributed by atoms with Gasteiger partial charge in [0.15, 0.2) is 0 Å². The summed E-state index contributed by atoms with van der Waals surface area (Å²) in [6.07, 6.45) is 1.10. The smallest absolute Gasteiger partial charge is 0.119 e. The van der Waals surface area contributed by atoms with Crippen molar-refractivity contribution in [1.29, 1.82) is 0 Å². The molecule has 0 radical (unpaired) electrons. The molecule has 96 valence electrons. The zero-order valence-electron chi connectivity index (χ0n) is 11.5. The summed E-state index contributed by atoms with van der Waals surface area (Å²) in [6, 6.07) is 8.98. The van der Waals surface area contributed by atoms with Gasteiger partial charge in [0.05, 0.1) is 6.61 Å². The van der Waals surface area contributed by atoms with Crippen molar-refractivity contribution in [3.05, 3.63) is 29.8 Å². The molecular weight excluding hydrogens is 210 g/mol. The zero-order valence-corrected chi connectivity index (χ0v) is 11.5. The molecule has 0 aliphatic carbocycles. The Morgan fingerprint density at radius 2 is 2.00 bits per heavy atom. The van der Waals surface area contributed by atoms with Gasteiger partial charge in [-0.3, -0.25) is 0 Å². The highest BCUT2D eigenvalue weighted by molar-refractivity contribution is 5.28. The molecule has 0 amide bonds. The molecule has 0 saturated heterocycles. The molecule has 0 aliphatic heterocycles. The van der Waals surface area contributed by atoms with Crippen LogP contribution in [0.5, 0.6) is 5.75 Å². The number of hydrogen-bond donors (Lipinski definition) is 1. The van der Waals surface area contributed by atoms with Crippen LogP contribution in [0.15, 0.2) is 24.3 Å². The molecule has 2 heteroatoms. The van der Waals surface area contributed by atoms with E-state index in [0.717, 1.165) is 25.3 Å². The van der Waals surface area contributed by atoms with Crippen molar-refractivity contribution >= 4 is 0 Å². The third-order valence-electron chi connectivity index (χ3n) is 2.67. The summed E-state index contributed by atoms with van der Waals surface area (Å²) < 4.78 is 5.51. The van der Waals surface area contributed by atoms with Gasteiger partial charge in [-0.2, -0.15) is 0 Å². The molecule has 1 aromatic rings. The molecule has 1 aromatic carbocycles. The monoisotopic (exact) mass is 235 g/mol. The molecule has 0 aliphatic rings. The van der Waals surface area contributed by atoms with Crippen molar-refractivity contribution < 1.29 is 4.74 Å². The fourth-order valence-corrected chi connectivity index (χ4v) is 1.84. The first kappa shape index (κ1) is 14.0. The Labute approximate surface area is 105 Å². The molecule has 0 aromatic heterocycles. The average molecular weight is 235 g/mol. The van der Waals surface area contributed by atoms with Gasteiger partial charge >= 0.3 is 0 Å². The third-order valence-corrected chi connectivity index (χ3v) is 2.67. The maximum absolute atomic E-state index is 5.51. The van der Waals surface area contributed by atoms with E-state index >= 15 is 0 Å². The van der Waals surface area contributed by atoms with Crippen molar-refractivity contribution in [2.45, 2.75) is 40.2 Å². The summed E-state index contributed by atoms with van der Waals surface area (Å²) in [5, 5.41) is 3.47. The number of nitrogens with one attached hydrogen (secondary N) is 1. The van der Waals surface area contributed by atoms with Crippen LogP contribution in [-0.2, 0) is 6.42 Å². The second-order valence-electron chi connectivity index (χ2n) is 4.95. The molecule has 0 bridgehead atoms. The Morgan fingerprint density at radius 3 is 2.65 bits per heavy atom. The molecule has 0 spiro atoms. The van der Waals surface area contributed by atoms with Crippen LogP contribution in [0.4, 0.5) is 0 Å². The molecular formula is C15H25NO. The van der Waals surface area contributed by atoms with Crippen LogP contribution in [0.3, 0.4) is 0 Å². The molecule has 0 saturated carbocycles. The summed E-state index contributed by atoms with van der Waals surface area (Å²) in [5.74, 6) is 1.63. The fraction of sp³-hybridized carbons (Fsp3) is 0.600. The topological polar surface area (TPSA) is 21.3 Å². The summed E-state index contributed by atoms with van der Waals surface area (Å²) in [7, 11) is 0. The highest BCUT2D eigenvalue weighted by Gasteiger charge is 2.05. The van der Waals surface area contributed by atoms with Gasteiger partial charge in [-0.1, -0.05) is 32.9 Å². The maximum atomic E-state index is 5.51. The number of rotatable bonds is 7. The van der Waals surface area contributed by atoms with Crippen LogP contribution in [0.2, 0.25) is 0 Å². The maximum Gasteiger partial charge on any atom is 0.119 e. The Bertz CT molecular complexity index is 322. The van der Waals surface area contributed by atoms with E-state index in [1.54, 1.807) is 0 Å². The van der Waals surface area contributed by atoms with Crippen molar-refractivity contribution in [2.75, 3.05) is 13.2 Å². The van der Waals surface area contributed by atoms with E-state index in [-0.39, 0.29) is 0 Å². The SMILES string of the molecule is CCOc1cccc(CC(C)CNC(C)C)c1. The second kappa shape index (κ2) is 7.33. The molecule has 0 heterocycles. The third kappa shape index (κ3) is 5.73. The van der Waals surface area contributed by atoms with Crippen LogP contribution in [-0.4, -0.2) is 19.2 Å². The van der Waals surface area contributed by atoms with Crippen molar-refractivity contribution in [1.82, 2.24) is 5.32 Å². The molecule has 1 unspecified atom stereocenters. The van der Waals surface area contributed by atoms with Gasteiger partial charge in [0.25, 0.3) is 0 Å². The first-order valence-corrected chi connectivity index (χ1v) is 6.57. The van der Waals surface area contributed by atoms with Crippen molar-refractivity contribution in [2.24, 2.45) is 5.92 Å². The van der Waals surface area contributed by atoms with E-state index in [1.165, 1.54) is 5.56 Å². The van der Waals surface area contributed by atoms with E-state index in [1.807, 2.05) is 13.0 Å². The Hall–Kier alpha value is -1.02. The second-order valence-corrected chi connectivity index (χ2v) is 4.95.